The molecule has 4 heteroatoms. The van der Waals surface area contributed by atoms with Gasteiger partial charge in [-0.2, -0.15) is 0 Å². The summed E-state index contributed by atoms with van der Waals surface area (Å²) in [6.45, 7) is 6.12. The highest BCUT2D eigenvalue weighted by Gasteiger charge is 2.62. The van der Waals surface area contributed by atoms with Crippen LogP contribution in [0.2, 0.25) is 0 Å². The quantitative estimate of drug-likeness (QED) is 0.574. The molecule has 2 aromatic rings. The van der Waals surface area contributed by atoms with Crippen molar-refractivity contribution in [1.29, 1.82) is 0 Å². The lowest BCUT2D eigenvalue weighted by Gasteiger charge is -2.53. The Bertz CT molecular complexity index is 1300. The number of allylic oxidation sites excluding steroid dienone is 4. The average Bonchev–Trinajstić information content (AvgIpc) is 3.28. The Kier molecular flexibility index (Phi) is 4.55. The van der Waals surface area contributed by atoms with Gasteiger partial charge in [-0.1, -0.05) is 24.5 Å². The number of imidazole rings is 1. The Morgan fingerprint density at radius 1 is 1.21 bits per heavy atom. The van der Waals surface area contributed by atoms with Gasteiger partial charge in [0.1, 0.15) is 11.4 Å². The molecule has 0 saturated heterocycles. The van der Waals surface area contributed by atoms with Crippen molar-refractivity contribution in [3.05, 3.63) is 52.4 Å². The molecule has 0 spiro atoms. The third-order valence-corrected chi connectivity index (χ3v) is 9.25. The fraction of sp³-hybridized carbons (Fsp3) is 0.517. The van der Waals surface area contributed by atoms with Crippen LogP contribution in [0.1, 0.15) is 76.1 Å². The first kappa shape index (κ1) is 20.9. The van der Waals surface area contributed by atoms with Crippen LogP contribution in [0, 0.1) is 36.0 Å². The maximum atomic E-state index is 12.2. The van der Waals surface area contributed by atoms with Gasteiger partial charge in [-0.25, -0.2) is 4.98 Å². The van der Waals surface area contributed by atoms with E-state index in [1.807, 2.05) is 19.9 Å². The zero-order chi connectivity index (χ0) is 23.0. The third kappa shape index (κ3) is 2.95. The van der Waals surface area contributed by atoms with Crippen LogP contribution >= 0.6 is 0 Å². The van der Waals surface area contributed by atoms with Crippen LogP contribution in [0.25, 0.3) is 11.0 Å². The second kappa shape index (κ2) is 7.18. The van der Waals surface area contributed by atoms with Crippen LogP contribution in [0.3, 0.4) is 0 Å². The molecule has 4 nitrogen and oxygen atoms in total. The highest BCUT2D eigenvalue weighted by Crippen LogP contribution is 2.66. The first-order valence-electron chi connectivity index (χ1n) is 12.4. The molecule has 33 heavy (non-hydrogen) atoms. The molecule has 0 radical (unpaired) electrons. The summed E-state index contributed by atoms with van der Waals surface area (Å²) in [5.74, 6) is 8.56. The van der Waals surface area contributed by atoms with Crippen molar-refractivity contribution in [3.8, 4) is 11.8 Å². The van der Waals surface area contributed by atoms with Gasteiger partial charge in [0.2, 0.25) is 0 Å². The maximum Gasteiger partial charge on any atom is 0.156 e. The summed E-state index contributed by atoms with van der Waals surface area (Å²) in [6, 6.07) is 6.63. The van der Waals surface area contributed by atoms with Gasteiger partial charge in [-0.05, 0) is 99.1 Å². The molecule has 6 rings (SSSR count). The van der Waals surface area contributed by atoms with E-state index < -0.39 is 5.60 Å². The molecule has 2 fully saturated rings. The van der Waals surface area contributed by atoms with E-state index in [1.54, 1.807) is 5.57 Å². The van der Waals surface area contributed by atoms with Crippen LogP contribution in [0.4, 0.5) is 0 Å². The molecular weight excluding hydrogens is 408 g/mol. The third-order valence-electron chi connectivity index (χ3n) is 9.25. The predicted molar refractivity (Wildman–Crippen MR) is 129 cm³/mol. The molecule has 0 unspecified atom stereocenters. The fourth-order valence-electron chi connectivity index (χ4n) is 7.74. The van der Waals surface area contributed by atoms with E-state index in [2.05, 4.69) is 41.9 Å². The maximum absolute atomic E-state index is 12.2. The number of nitrogens with zero attached hydrogens (tertiary/aromatic N) is 1. The van der Waals surface area contributed by atoms with Crippen molar-refractivity contribution in [2.75, 3.05) is 0 Å². The number of benzene rings is 1. The minimum absolute atomic E-state index is 0.216. The van der Waals surface area contributed by atoms with E-state index in [9.17, 15) is 9.90 Å². The minimum atomic E-state index is -0.938. The van der Waals surface area contributed by atoms with Crippen LogP contribution in [0.5, 0.6) is 0 Å². The molecule has 0 aliphatic heterocycles. The topological polar surface area (TPSA) is 66.0 Å². The molecule has 1 aromatic heterocycles. The largest absolute Gasteiger partial charge is 0.377 e. The molecule has 4 aliphatic carbocycles. The van der Waals surface area contributed by atoms with E-state index in [0.29, 0.717) is 18.3 Å². The Morgan fingerprint density at radius 3 is 2.88 bits per heavy atom. The predicted octanol–water partition coefficient (Wildman–Crippen LogP) is 5.53. The highest BCUT2D eigenvalue weighted by atomic mass is 16.3. The molecule has 170 valence electrons. The van der Waals surface area contributed by atoms with E-state index in [1.165, 1.54) is 16.7 Å². The number of hydrogen-bond acceptors (Lipinski definition) is 3. The van der Waals surface area contributed by atoms with E-state index in [0.717, 1.165) is 55.4 Å². The SMILES string of the molecule is CC#C[C@]1(O)CC[C@H]2[C@@H]3CCC4=CC(=O)CCC4=C3[C@@H](c3ccc4[nH]c(C)nc4c3)C[C@@]21C. The normalized spacial score (nSPS) is 35.5. The van der Waals surface area contributed by atoms with Gasteiger partial charge in [-0.3, -0.25) is 4.79 Å². The molecule has 0 amide bonds. The lowest BCUT2D eigenvalue weighted by molar-refractivity contribution is -0.114. The number of rotatable bonds is 1. The van der Waals surface area contributed by atoms with Crippen molar-refractivity contribution in [3.63, 3.8) is 0 Å². The standard InChI is InChI=1S/C29H32N2O2/c1-4-12-29(33)13-11-24-22-8-5-18-14-20(32)7-9-21(18)27(22)23(16-28(24,29)3)19-6-10-25-26(15-19)31-17(2)30-25/h6,10,14-15,22-24,33H,5,7-9,11,13,16H2,1-3H3,(H,30,31)/t22-,23+,24-,28-,29-/m0/s1. The minimum Gasteiger partial charge on any atom is -0.377 e. The first-order valence-corrected chi connectivity index (χ1v) is 12.4. The fourth-order valence-corrected chi connectivity index (χ4v) is 7.74. The molecule has 2 N–H and O–H groups in total. The number of H-pyrrole nitrogens is 1. The van der Waals surface area contributed by atoms with Crippen LogP contribution in [-0.2, 0) is 4.79 Å². The summed E-state index contributed by atoms with van der Waals surface area (Å²) in [6.07, 6.45) is 8.09. The highest BCUT2D eigenvalue weighted by molar-refractivity contribution is 5.93. The molecule has 5 atom stereocenters. The number of hydrogen-bond donors (Lipinski definition) is 2. The number of aliphatic hydroxyl groups is 1. The Morgan fingerprint density at radius 2 is 2.06 bits per heavy atom. The van der Waals surface area contributed by atoms with Crippen LogP contribution in [-0.4, -0.2) is 26.5 Å². The van der Waals surface area contributed by atoms with Crippen molar-refractivity contribution in [2.45, 2.75) is 77.2 Å². The monoisotopic (exact) mass is 440 g/mol. The second-order valence-electron chi connectivity index (χ2n) is 10.9. The van der Waals surface area contributed by atoms with Gasteiger partial charge in [-0.15, -0.1) is 5.92 Å². The molecule has 1 aromatic carbocycles. The van der Waals surface area contributed by atoms with Gasteiger partial charge in [0.05, 0.1) is 11.0 Å². The summed E-state index contributed by atoms with van der Waals surface area (Å²) < 4.78 is 0. The molecule has 0 bridgehead atoms. The summed E-state index contributed by atoms with van der Waals surface area (Å²) in [5.41, 5.74) is 6.40. The summed E-state index contributed by atoms with van der Waals surface area (Å²) >= 11 is 0. The molecule has 4 aliphatic rings. The number of carbonyl (C=O) groups excluding carboxylic acids is 1. The Balaban J connectivity index is 1.56. The van der Waals surface area contributed by atoms with Gasteiger partial charge >= 0.3 is 0 Å². The van der Waals surface area contributed by atoms with E-state index >= 15 is 0 Å². The summed E-state index contributed by atoms with van der Waals surface area (Å²) in [7, 11) is 0. The summed E-state index contributed by atoms with van der Waals surface area (Å²) in [4.78, 5) is 20.3. The average molecular weight is 441 g/mol. The number of aryl methyl sites for hydroxylation is 1. The zero-order valence-electron chi connectivity index (χ0n) is 19.8. The van der Waals surface area contributed by atoms with Crippen LogP contribution in [0.15, 0.2) is 41.0 Å². The van der Waals surface area contributed by atoms with Crippen molar-refractivity contribution >= 4 is 16.8 Å². The van der Waals surface area contributed by atoms with Gasteiger partial charge < -0.3 is 10.1 Å². The Hall–Kier alpha value is -2.64. The second-order valence-corrected chi connectivity index (χ2v) is 10.9. The zero-order valence-corrected chi connectivity index (χ0v) is 19.8. The lowest BCUT2D eigenvalue weighted by atomic mass is 9.51. The van der Waals surface area contributed by atoms with E-state index in [4.69, 9.17) is 4.98 Å². The number of aromatic amines is 1. The molecular formula is C29H32N2O2. The smallest absolute Gasteiger partial charge is 0.156 e. The molecule has 2 saturated carbocycles. The van der Waals surface area contributed by atoms with E-state index in [-0.39, 0.29) is 17.1 Å². The summed E-state index contributed by atoms with van der Waals surface area (Å²) in [5, 5.41) is 11.8. The Labute approximate surface area is 195 Å². The van der Waals surface area contributed by atoms with Crippen LogP contribution < -0.4 is 0 Å². The van der Waals surface area contributed by atoms with Gasteiger partial charge in [0, 0.05) is 17.8 Å². The van der Waals surface area contributed by atoms with Crippen molar-refractivity contribution in [2.24, 2.45) is 17.3 Å². The number of carbonyl (C=O) groups is 1. The van der Waals surface area contributed by atoms with Crippen molar-refractivity contribution < 1.29 is 9.90 Å². The first-order chi connectivity index (χ1) is 15.8. The lowest BCUT2D eigenvalue weighted by Crippen LogP contribution is -2.51. The number of fused-ring (bicyclic) bond motifs is 5. The number of ketones is 1. The number of nitrogens with one attached hydrogen (secondary N) is 1. The van der Waals surface area contributed by atoms with Gasteiger partial charge in [0.25, 0.3) is 0 Å². The number of aromatic nitrogens is 2. The molecule has 1 heterocycles. The van der Waals surface area contributed by atoms with Gasteiger partial charge in [0.15, 0.2) is 5.78 Å². The van der Waals surface area contributed by atoms with Crippen molar-refractivity contribution in [1.82, 2.24) is 9.97 Å².